The van der Waals surface area contributed by atoms with Crippen molar-refractivity contribution in [3.63, 3.8) is 0 Å². The van der Waals surface area contributed by atoms with Gasteiger partial charge in [0.25, 0.3) is 0 Å². The third-order valence-electron chi connectivity index (χ3n) is 5.41. The lowest BCUT2D eigenvalue weighted by atomic mass is 10.0. The molecular weight excluding hydrogens is 372 g/mol. The summed E-state index contributed by atoms with van der Waals surface area (Å²) in [5, 5.41) is 25.4. The van der Waals surface area contributed by atoms with Crippen molar-refractivity contribution in [3.05, 3.63) is 47.6 Å². The molecule has 29 heavy (non-hydrogen) atoms. The van der Waals surface area contributed by atoms with E-state index in [0.717, 1.165) is 40.6 Å². The molecule has 0 spiro atoms. The minimum Gasteiger partial charge on any atom is -0.478 e. The number of hydrogen-bond donors (Lipinski definition) is 4. The minimum atomic E-state index is -1.32. The lowest BCUT2D eigenvalue weighted by Crippen LogP contribution is -2.55. The number of carboxylic acids is 1. The van der Waals surface area contributed by atoms with Gasteiger partial charge in [-0.1, -0.05) is 17.3 Å². The van der Waals surface area contributed by atoms with Crippen LogP contribution in [0.2, 0.25) is 0 Å². The first-order chi connectivity index (χ1) is 14.0. The fraction of sp³-hybridized carbons (Fsp3) is 0.300. The summed E-state index contributed by atoms with van der Waals surface area (Å²) in [6, 6.07) is 7.62. The van der Waals surface area contributed by atoms with Gasteiger partial charge in [-0.05, 0) is 29.5 Å². The van der Waals surface area contributed by atoms with E-state index in [1.165, 1.54) is 0 Å². The largest absolute Gasteiger partial charge is 0.478 e. The molecule has 9 nitrogen and oxygen atoms in total. The molecular formula is C20H20N6O3. The van der Waals surface area contributed by atoms with Crippen molar-refractivity contribution in [2.75, 3.05) is 18.4 Å². The lowest BCUT2D eigenvalue weighted by molar-refractivity contribution is -0.142. The van der Waals surface area contributed by atoms with E-state index in [0.29, 0.717) is 30.5 Å². The highest BCUT2D eigenvalue weighted by Gasteiger charge is 2.46. The van der Waals surface area contributed by atoms with Gasteiger partial charge < -0.3 is 25.6 Å². The van der Waals surface area contributed by atoms with Crippen LogP contribution in [0.15, 0.2) is 46.3 Å². The summed E-state index contributed by atoms with van der Waals surface area (Å²) in [4.78, 5) is 21.0. The van der Waals surface area contributed by atoms with Crippen LogP contribution in [-0.4, -0.2) is 45.0 Å². The van der Waals surface area contributed by atoms with Crippen LogP contribution in [0.3, 0.4) is 0 Å². The highest BCUT2D eigenvalue weighted by atomic mass is 16.5. The number of anilines is 1. The monoisotopic (exact) mass is 392 g/mol. The van der Waals surface area contributed by atoms with Gasteiger partial charge in [-0.2, -0.15) is 4.98 Å². The van der Waals surface area contributed by atoms with Crippen molar-refractivity contribution in [2.45, 2.75) is 25.4 Å². The number of carboxylic acid groups (broad SMARTS) is 1. The number of benzene rings is 1. The smallest absolute Gasteiger partial charge is 0.350 e. The SMILES string of the molecule is Cc1nc(-c2ccc3ccnc(NC4(C(=O)O)CC5=C(CCNC5)N4)c3c2)no1. The van der Waals surface area contributed by atoms with Crippen LogP contribution < -0.4 is 16.0 Å². The molecule has 0 saturated carbocycles. The molecule has 0 aliphatic carbocycles. The zero-order valence-electron chi connectivity index (χ0n) is 15.8. The molecule has 9 heteroatoms. The summed E-state index contributed by atoms with van der Waals surface area (Å²) in [7, 11) is 0. The van der Waals surface area contributed by atoms with E-state index >= 15 is 0 Å². The molecule has 0 fully saturated rings. The van der Waals surface area contributed by atoms with E-state index in [1.807, 2.05) is 24.3 Å². The predicted octanol–water partition coefficient (Wildman–Crippen LogP) is 2.03. The van der Waals surface area contributed by atoms with Gasteiger partial charge in [-0.25, -0.2) is 9.78 Å². The Morgan fingerprint density at radius 2 is 2.24 bits per heavy atom. The number of carbonyl (C=O) groups is 1. The second-order valence-corrected chi connectivity index (χ2v) is 7.38. The molecule has 5 rings (SSSR count). The maximum atomic E-state index is 12.3. The normalized spacial score (nSPS) is 21.1. The number of rotatable bonds is 4. The zero-order chi connectivity index (χ0) is 20.0. The summed E-state index contributed by atoms with van der Waals surface area (Å²) in [5.74, 6) is 0.493. The Hall–Kier alpha value is -3.46. The number of fused-ring (bicyclic) bond motifs is 1. The van der Waals surface area contributed by atoms with Crippen molar-refractivity contribution < 1.29 is 14.4 Å². The molecule has 0 amide bonds. The number of aliphatic carboxylic acids is 1. The molecule has 4 heterocycles. The quantitative estimate of drug-likeness (QED) is 0.528. The van der Waals surface area contributed by atoms with Gasteiger partial charge in [0, 0.05) is 49.3 Å². The molecule has 148 valence electrons. The Morgan fingerprint density at radius 3 is 3.00 bits per heavy atom. The predicted molar refractivity (Wildman–Crippen MR) is 106 cm³/mol. The van der Waals surface area contributed by atoms with E-state index in [1.54, 1.807) is 13.1 Å². The van der Waals surface area contributed by atoms with E-state index < -0.39 is 11.6 Å². The van der Waals surface area contributed by atoms with Crippen LogP contribution in [0, 0.1) is 6.92 Å². The fourth-order valence-electron chi connectivity index (χ4n) is 3.96. The molecule has 2 aliphatic heterocycles. The highest BCUT2D eigenvalue weighted by molar-refractivity contribution is 5.96. The standard InChI is InChI=1S/C20H20N6O3/c1-11-23-17(26-29-11)13-3-2-12-4-7-22-18(15(12)8-13)25-20(19(27)28)9-14-10-21-6-5-16(14)24-20/h2-4,7-8,21,24H,5-6,9-10H2,1H3,(H,22,25)(H,27,28). The molecule has 4 N–H and O–H groups in total. The molecule has 0 saturated heterocycles. The summed E-state index contributed by atoms with van der Waals surface area (Å²) < 4.78 is 5.08. The van der Waals surface area contributed by atoms with Crippen molar-refractivity contribution in [1.29, 1.82) is 0 Å². The number of nitrogens with zero attached hydrogens (tertiary/aromatic N) is 3. The van der Waals surface area contributed by atoms with Crippen LogP contribution in [-0.2, 0) is 4.79 Å². The first-order valence-electron chi connectivity index (χ1n) is 9.45. The van der Waals surface area contributed by atoms with Gasteiger partial charge in [0.1, 0.15) is 5.82 Å². The van der Waals surface area contributed by atoms with Gasteiger partial charge in [-0.15, -0.1) is 0 Å². The van der Waals surface area contributed by atoms with Crippen LogP contribution in [0.1, 0.15) is 18.7 Å². The summed E-state index contributed by atoms with van der Waals surface area (Å²) >= 11 is 0. The van der Waals surface area contributed by atoms with Gasteiger partial charge in [-0.3, -0.25) is 0 Å². The fourth-order valence-corrected chi connectivity index (χ4v) is 3.96. The van der Waals surface area contributed by atoms with Crippen molar-refractivity contribution in [1.82, 2.24) is 25.8 Å². The van der Waals surface area contributed by atoms with Crippen LogP contribution in [0.5, 0.6) is 0 Å². The van der Waals surface area contributed by atoms with Crippen molar-refractivity contribution >= 4 is 22.6 Å². The Labute approximate surface area is 166 Å². The number of hydrogen-bond acceptors (Lipinski definition) is 8. The van der Waals surface area contributed by atoms with Gasteiger partial charge in [0.2, 0.25) is 17.4 Å². The maximum absolute atomic E-state index is 12.3. The van der Waals surface area contributed by atoms with Gasteiger partial charge in [0.05, 0.1) is 0 Å². The average molecular weight is 392 g/mol. The number of nitrogens with one attached hydrogen (secondary N) is 3. The first-order valence-corrected chi connectivity index (χ1v) is 9.45. The van der Waals surface area contributed by atoms with E-state index in [2.05, 4.69) is 31.1 Å². The molecule has 1 aromatic carbocycles. The van der Waals surface area contributed by atoms with Crippen LogP contribution in [0.4, 0.5) is 5.82 Å². The summed E-state index contributed by atoms with van der Waals surface area (Å²) in [6.07, 6.45) is 2.82. The Morgan fingerprint density at radius 1 is 1.34 bits per heavy atom. The average Bonchev–Trinajstić information content (AvgIpc) is 3.32. The second-order valence-electron chi connectivity index (χ2n) is 7.38. The van der Waals surface area contributed by atoms with E-state index in [-0.39, 0.29) is 0 Å². The van der Waals surface area contributed by atoms with Gasteiger partial charge in [0.15, 0.2) is 0 Å². The molecule has 0 radical (unpaired) electrons. The third kappa shape index (κ3) is 2.99. The maximum Gasteiger partial charge on any atom is 0.350 e. The molecule has 1 atom stereocenters. The Bertz CT molecular complexity index is 1130. The number of pyridine rings is 1. The minimum absolute atomic E-state index is 0.368. The van der Waals surface area contributed by atoms with Gasteiger partial charge >= 0.3 is 5.97 Å². The number of aromatic nitrogens is 3. The molecule has 2 aromatic heterocycles. The second kappa shape index (κ2) is 6.56. The van der Waals surface area contributed by atoms with E-state index in [4.69, 9.17) is 4.52 Å². The Balaban J connectivity index is 1.55. The topological polar surface area (TPSA) is 125 Å². The van der Waals surface area contributed by atoms with Crippen LogP contribution in [0.25, 0.3) is 22.2 Å². The molecule has 0 bridgehead atoms. The molecule has 3 aromatic rings. The third-order valence-corrected chi connectivity index (χ3v) is 5.41. The molecule has 1 unspecified atom stereocenters. The zero-order valence-corrected chi connectivity index (χ0v) is 15.8. The summed E-state index contributed by atoms with van der Waals surface area (Å²) in [6.45, 7) is 3.27. The molecule has 2 aliphatic rings. The van der Waals surface area contributed by atoms with E-state index in [9.17, 15) is 9.90 Å². The van der Waals surface area contributed by atoms with Crippen molar-refractivity contribution in [2.24, 2.45) is 0 Å². The van der Waals surface area contributed by atoms with Crippen molar-refractivity contribution in [3.8, 4) is 11.4 Å². The highest BCUT2D eigenvalue weighted by Crippen LogP contribution is 2.34. The lowest BCUT2D eigenvalue weighted by Gasteiger charge is -2.28. The Kier molecular flexibility index (Phi) is 3.99. The first kappa shape index (κ1) is 17.6. The number of aryl methyl sites for hydroxylation is 1. The van der Waals surface area contributed by atoms with Crippen LogP contribution >= 0.6 is 0 Å². The summed E-state index contributed by atoms with van der Waals surface area (Å²) in [5.41, 5.74) is 1.54.